The second-order valence-corrected chi connectivity index (χ2v) is 4.38. The van der Waals surface area contributed by atoms with Crippen LogP contribution in [0, 0.1) is 0 Å². The number of aryl methyl sites for hydroxylation is 1. The maximum Gasteiger partial charge on any atom is 0.338 e. The molecule has 0 spiro atoms. The van der Waals surface area contributed by atoms with Crippen molar-refractivity contribution in [1.82, 2.24) is 0 Å². The van der Waals surface area contributed by atoms with Crippen molar-refractivity contribution in [3.05, 3.63) is 70.8 Å². The Morgan fingerprint density at radius 3 is 2.30 bits per heavy atom. The van der Waals surface area contributed by atoms with E-state index in [-0.39, 0.29) is 5.78 Å². The lowest BCUT2D eigenvalue weighted by molar-refractivity contribution is 0.0597. The molecule has 2 rings (SSSR count). The van der Waals surface area contributed by atoms with Gasteiger partial charge in [-0.3, -0.25) is 4.79 Å². The third-order valence-electron chi connectivity index (χ3n) is 3.20. The zero-order valence-corrected chi connectivity index (χ0v) is 11.6. The lowest BCUT2D eigenvalue weighted by Gasteiger charge is -2.11. The molecule has 0 saturated carbocycles. The highest BCUT2D eigenvalue weighted by Gasteiger charge is 2.21. The fourth-order valence-electron chi connectivity index (χ4n) is 2.18. The minimum absolute atomic E-state index is 0.150. The number of benzene rings is 2. The van der Waals surface area contributed by atoms with Crippen LogP contribution in [0.15, 0.2) is 48.5 Å². The third-order valence-corrected chi connectivity index (χ3v) is 3.20. The van der Waals surface area contributed by atoms with Crippen molar-refractivity contribution < 1.29 is 14.3 Å². The van der Waals surface area contributed by atoms with E-state index in [0.717, 1.165) is 5.56 Å². The van der Waals surface area contributed by atoms with E-state index in [4.69, 9.17) is 4.74 Å². The SMILES string of the molecule is CCc1cccc(C(=O)OC)c1C(=O)c1ccccc1. The molecule has 0 N–H and O–H groups in total. The summed E-state index contributed by atoms with van der Waals surface area (Å²) in [5.41, 5.74) is 2.18. The van der Waals surface area contributed by atoms with Gasteiger partial charge in [0.05, 0.1) is 12.7 Å². The summed E-state index contributed by atoms with van der Waals surface area (Å²) in [6, 6.07) is 14.2. The van der Waals surface area contributed by atoms with Crippen LogP contribution in [-0.2, 0) is 11.2 Å². The largest absolute Gasteiger partial charge is 0.465 e. The third kappa shape index (κ3) is 2.62. The van der Waals surface area contributed by atoms with Crippen molar-refractivity contribution in [2.24, 2.45) is 0 Å². The highest BCUT2D eigenvalue weighted by molar-refractivity contribution is 6.15. The van der Waals surface area contributed by atoms with Gasteiger partial charge in [0.2, 0.25) is 0 Å². The van der Waals surface area contributed by atoms with Crippen molar-refractivity contribution in [2.45, 2.75) is 13.3 Å². The van der Waals surface area contributed by atoms with Crippen molar-refractivity contribution in [2.75, 3.05) is 7.11 Å². The van der Waals surface area contributed by atoms with E-state index in [0.29, 0.717) is 23.1 Å². The number of carbonyl (C=O) groups is 2. The van der Waals surface area contributed by atoms with Crippen molar-refractivity contribution in [3.8, 4) is 0 Å². The topological polar surface area (TPSA) is 43.4 Å². The first kappa shape index (κ1) is 14.0. The predicted octanol–water partition coefficient (Wildman–Crippen LogP) is 3.27. The molecule has 102 valence electrons. The van der Waals surface area contributed by atoms with Crippen molar-refractivity contribution in [1.29, 1.82) is 0 Å². The molecular formula is C17H16O3. The van der Waals surface area contributed by atoms with Crippen LogP contribution >= 0.6 is 0 Å². The molecule has 0 aliphatic rings. The van der Waals surface area contributed by atoms with Gasteiger partial charge >= 0.3 is 5.97 Å². The maximum absolute atomic E-state index is 12.7. The molecule has 0 aromatic heterocycles. The van der Waals surface area contributed by atoms with Crippen LogP contribution in [0.2, 0.25) is 0 Å². The summed E-state index contributed by atoms with van der Waals surface area (Å²) in [6.07, 6.45) is 0.679. The van der Waals surface area contributed by atoms with Crippen LogP contribution < -0.4 is 0 Å². The molecule has 0 aliphatic heterocycles. The molecule has 0 fully saturated rings. The fourth-order valence-corrected chi connectivity index (χ4v) is 2.18. The number of hydrogen-bond acceptors (Lipinski definition) is 3. The Balaban J connectivity index is 2.59. The monoisotopic (exact) mass is 268 g/mol. The summed E-state index contributed by atoms with van der Waals surface area (Å²) in [6.45, 7) is 1.96. The highest BCUT2D eigenvalue weighted by Crippen LogP contribution is 2.20. The standard InChI is InChI=1S/C17H16O3/c1-3-12-10-7-11-14(17(19)20-2)15(12)16(18)13-8-5-4-6-9-13/h4-11H,3H2,1-2H3. The molecule has 0 radical (unpaired) electrons. The van der Waals surface area contributed by atoms with E-state index < -0.39 is 5.97 Å². The summed E-state index contributed by atoms with van der Waals surface area (Å²) in [4.78, 5) is 24.5. The zero-order chi connectivity index (χ0) is 14.5. The van der Waals surface area contributed by atoms with Gasteiger partial charge in [0.15, 0.2) is 5.78 Å². The van der Waals surface area contributed by atoms with Gasteiger partial charge in [0.1, 0.15) is 0 Å². The van der Waals surface area contributed by atoms with Crippen LogP contribution in [0.4, 0.5) is 0 Å². The lowest BCUT2D eigenvalue weighted by atomic mass is 9.92. The number of esters is 1. The summed E-state index contributed by atoms with van der Waals surface area (Å²) < 4.78 is 4.77. The van der Waals surface area contributed by atoms with Crippen molar-refractivity contribution >= 4 is 11.8 Å². The Morgan fingerprint density at radius 1 is 1.00 bits per heavy atom. The molecule has 0 atom stereocenters. The van der Waals surface area contributed by atoms with Crippen LogP contribution in [0.5, 0.6) is 0 Å². The second-order valence-electron chi connectivity index (χ2n) is 4.38. The lowest BCUT2D eigenvalue weighted by Crippen LogP contribution is -2.14. The summed E-state index contributed by atoms with van der Waals surface area (Å²) in [5.74, 6) is -0.636. The van der Waals surface area contributed by atoms with Crippen LogP contribution in [-0.4, -0.2) is 18.9 Å². The van der Waals surface area contributed by atoms with Gasteiger partial charge in [-0.25, -0.2) is 4.79 Å². The number of carbonyl (C=O) groups excluding carboxylic acids is 2. The average molecular weight is 268 g/mol. The van der Waals surface area contributed by atoms with Crippen molar-refractivity contribution in [3.63, 3.8) is 0 Å². The molecule has 0 aliphatic carbocycles. The predicted molar refractivity (Wildman–Crippen MR) is 77.0 cm³/mol. The molecule has 2 aromatic carbocycles. The first-order valence-corrected chi connectivity index (χ1v) is 6.49. The summed E-state index contributed by atoms with van der Waals surface area (Å²) >= 11 is 0. The number of hydrogen-bond donors (Lipinski definition) is 0. The first-order chi connectivity index (χ1) is 9.69. The molecular weight excluding hydrogens is 252 g/mol. The van der Waals surface area contributed by atoms with Gasteiger partial charge in [-0.05, 0) is 18.1 Å². The summed E-state index contributed by atoms with van der Waals surface area (Å²) in [7, 11) is 1.32. The molecule has 0 amide bonds. The van der Waals surface area contributed by atoms with Gasteiger partial charge < -0.3 is 4.74 Å². The maximum atomic E-state index is 12.7. The van der Waals surface area contributed by atoms with Crippen LogP contribution in [0.1, 0.15) is 38.8 Å². The van der Waals surface area contributed by atoms with Gasteiger partial charge in [-0.1, -0.05) is 49.4 Å². The number of rotatable bonds is 4. The molecule has 3 heteroatoms. The number of ether oxygens (including phenoxy) is 1. The van der Waals surface area contributed by atoms with E-state index in [1.165, 1.54) is 7.11 Å². The normalized spacial score (nSPS) is 10.1. The zero-order valence-electron chi connectivity index (χ0n) is 11.6. The minimum Gasteiger partial charge on any atom is -0.465 e. The fraction of sp³-hybridized carbons (Fsp3) is 0.176. The molecule has 20 heavy (non-hydrogen) atoms. The Labute approximate surface area is 118 Å². The van der Waals surface area contributed by atoms with E-state index in [1.807, 2.05) is 19.1 Å². The van der Waals surface area contributed by atoms with Gasteiger partial charge in [-0.15, -0.1) is 0 Å². The first-order valence-electron chi connectivity index (χ1n) is 6.49. The Bertz CT molecular complexity index is 630. The highest BCUT2D eigenvalue weighted by atomic mass is 16.5. The van der Waals surface area contributed by atoms with Gasteiger partial charge in [0.25, 0.3) is 0 Å². The number of ketones is 1. The van der Waals surface area contributed by atoms with Gasteiger partial charge in [-0.2, -0.15) is 0 Å². The van der Waals surface area contributed by atoms with E-state index in [1.54, 1.807) is 36.4 Å². The molecule has 0 unspecified atom stereocenters. The van der Waals surface area contributed by atoms with Gasteiger partial charge in [0, 0.05) is 11.1 Å². The average Bonchev–Trinajstić information content (AvgIpc) is 2.53. The molecule has 0 saturated heterocycles. The quantitative estimate of drug-likeness (QED) is 0.631. The second kappa shape index (κ2) is 6.15. The Morgan fingerprint density at radius 2 is 1.70 bits per heavy atom. The van der Waals surface area contributed by atoms with Crippen LogP contribution in [0.3, 0.4) is 0 Å². The smallest absolute Gasteiger partial charge is 0.338 e. The minimum atomic E-state index is -0.486. The number of methoxy groups -OCH3 is 1. The van der Waals surface area contributed by atoms with E-state index in [2.05, 4.69) is 0 Å². The Kier molecular flexibility index (Phi) is 4.31. The van der Waals surface area contributed by atoms with E-state index in [9.17, 15) is 9.59 Å². The Hall–Kier alpha value is -2.42. The summed E-state index contributed by atoms with van der Waals surface area (Å²) in [5, 5.41) is 0. The molecule has 2 aromatic rings. The molecule has 0 bridgehead atoms. The molecule has 3 nitrogen and oxygen atoms in total. The van der Waals surface area contributed by atoms with E-state index >= 15 is 0 Å². The molecule has 0 heterocycles. The van der Waals surface area contributed by atoms with Crippen LogP contribution in [0.25, 0.3) is 0 Å².